The minimum absolute atomic E-state index is 0.00533. The number of aliphatic hydroxyl groups is 1. The van der Waals surface area contributed by atoms with E-state index in [1.165, 1.54) is 18.2 Å². The number of carbonyl (C=O) groups is 1. The molecular formula is C14H18F2N2O3. The van der Waals surface area contributed by atoms with E-state index in [0.717, 1.165) is 12.8 Å². The number of halogens is 2. The Labute approximate surface area is 121 Å². The van der Waals surface area contributed by atoms with Crippen molar-refractivity contribution in [3.05, 3.63) is 29.8 Å². The van der Waals surface area contributed by atoms with E-state index in [9.17, 15) is 18.7 Å². The quantitative estimate of drug-likeness (QED) is 0.721. The summed E-state index contributed by atoms with van der Waals surface area (Å²) in [5.74, 6) is 0.545. The monoisotopic (exact) mass is 300 g/mol. The lowest BCUT2D eigenvalue weighted by Crippen LogP contribution is -2.38. The highest BCUT2D eigenvalue weighted by Gasteiger charge is 2.21. The van der Waals surface area contributed by atoms with Gasteiger partial charge >= 0.3 is 12.6 Å². The zero-order valence-electron chi connectivity index (χ0n) is 11.4. The summed E-state index contributed by atoms with van der Waals surface area (Å²) in [6.45, 7) is -2.28. The second kappa shape index (κ2) is 7.21. The van der Waals surface area contributed by atoms with E-state index in [4.69, 9.17) is 0 Å². The molecule has 0 saturated heterocycles. The molecule has 116 valence electrons. The molecular weight excluding hydrogens is 282 g/mol. The zero-order valence-corrected chi connectivity index (χ0v) is 11.4. The van der Waals surface area contributed by atoms with Crippen LogP contribution in [-0.2, 0) is 0 Å². The van der Waals surface area contributed by atoms with Crippen molar-refractivity contribution in [2.24, 2.45) is 5.92 Å². The third-order valence-electron chi connectivity index (χ3n) is 3.17. The highest BCUT2D eigenvalue weighted by molar-refractivity contribution is 5.73. The van der Waals surface area contributed by atoms with Crippen LogP contribution in [-0.4, -0.2) is 30.8 Å². The smallest absolute Gasteiger partial charge is 0.387 e. The maximum absolute atomic E-state index is 12.1. The van der Waals surface area contributed by atoms with Crippen molar-refractivity contribution in [3.8, 4) is 5.75 Å². The number of aliphatic hydroxyl groups excluding tert-OH is 1. The molecule has 1 aromatic carbocycles. The number of urea groups is 1. The lowest BCUT2D eigenvalue weighted by Gasteiger charge is -2.14. The second-order valence-corrected chi connectivity index (χ2v) is 5.00. The molecule has 0 heterocycles. The Morgan fingerprint density at radius 3 is 2.81 bits per heavy atom. The number of amides is 2. The summed E-state index contributed by atoms with van der Waals surface area (Å²) in [5, 5.41) is 15.2. The van der Waals surface area contributed by atoms with Crippen molar-refractivity contribution in [3.63, 3.8) is 0 Å². The summed E-state index contributed by atoms with van der Waals surface area (Å²) in [7, 11) is 0. The molecule has 0 aliphatic heterocycles. The van der Waals surface area contributed by atoms with Crippen LogP contribution in [0.15, 0.2) is 24.3 Å². The van der Waals surface area contributed by atoms with Crippen molar-refractivity contribution < 1.29 is 23.4 Å². The van der Waals surface area contributed by atoms with Gasteiger partial charge in [-0.2, -0.15) is 8.78 Å². The number of hydrogen-bond donors (Lipinski definition) is 3. The molecule has 1 aromatic rings. The minimum atomic E-state index is -2.91. The number of hydrogen-bond acceptors (Lipinski definition) is 3. The largest absolute Gasteiger partial charge is 0.435 e. The summed E-state index contributed by atoms with van der Waals surface area (Å²) >= 11 is 0. The van der Waals surface area contributed by atoms with Gasteiger partial charge in [0.1, 0.15) is 5.75 Å². The molecule has 1 fully saturated rings. The Bertz CT molecular complexity index is 481. The summed E-state index contributed by atoms with van der Waals surface area (Å²) in [4.78, 5) is 11.5. The number of nitrogens with one attached hydrogen (secondary N) is 2. The third-order valence-corrected chi connectivity index (χ3v) is 3.17. The van der Waals surface area contributed by atoms with Gasteiger partial charge in [-0.3, -0.25) is 0 Å². The lowest BCUT2D eigenvalue weighted by atomic mass is 10.1. The van der Waals surface area contributed by atoms with Crippen LogP contribution in [0.2, 0.25) is 0 Å². The van der Waals surface area contributed by atoms with Crippen LogP contribution < -0.4 is 15.4 Å². The van der Waals surface area contributed by atoms with E-state index in [1.807, 2.05) is 0 Å². The fourth-order valence-electron chi connectivity index (χ4n) is 1.83. The highest BCUT2D eigenvalue weighted by atomic mass is 19.3. The van der Waals surface area contributed by atoms with Crippen molar-refractivity contribution in [2.75, 3.05) is 13.1 Å². The number of rotatable bonds is 7. The number of benzene rings is 1. The molecule has 2 amide bonds. The van der Waals surface area contributed by atoms with Gasteiger partial charge < -0.3 is 20.5 Å². The first-order valence-corrected chi connectivity index (χ1v) is 6.79. The van der Waals surface area contributed by atoms with Crippen molar-refractivity contribution in [1.29, 1.82) is 0 Å². The van der Waals surface area contributed by atoms with Gasteiger partial charge in [-0.25, -0.2) is 4.79 Å². The molecule has 2 rings (SSSR count). The number of alkyl halides is 2. The summed E-state index contributed by atoms with van der Waals surface area (Å²) < 4.78 is 28.5. The van der Waals surface area contributed by atoms with Gasteiger partial charge in [-0.05, 0) is 36.5 Å². The summed E-state index contributed by atoms with van der Waals surface area (Å²) in [5.41, 5.74) is 0.399. The maximum Gasteiger partial charge on any atom is 0.387 e. The van der Waals surface area contributed by atoms with E-state index < -0.39 is 12.7 Å². The first-order valence-electron chi connectivity index (χ1n) is 6.79. The van der Waals surface area contributed by atoms with E-state index in [1.54, 1.807) is 6.07 Å². The van der Waals surface area contributed by atoms with Crippen LogP contribution in [0.4, 0.5) is 13.6 Å². The van der Waals surface area contributed by atoms with Crippen LogP contribution in [0.5, 0.6) is 5.75 Å². The van der Waals surface area contributed by atoms with E-state index in [2.05, 4.69) is 15.4 Å². The fraction of sp³-hybridized carbons (Fsp3) is 0.500. The molecule has 0 radical (unpaired) electrons. The first kappa shape index (κ1) is 15.5. The molecule has 1 saturated carbocycles. The molecule has 0 spiro atoms. The topological polar surface area (TPSA) is 70.6 Å². The molecule has 0 aromatic heterocycles. The summed E-state index contributed by atoms with van der Waals surface area (Å²) in [6.07, 6.45) is 1.29. The molecule has 1 aliphatic carbocycles. The normalized spacial score (nSPS) is 15.6. The molecule has 1 unspecified atom stereocenters. The zero-order chi connectivity index (χ0) is 15.2. The Morgan fingerprint density at radius 2 is 2.14 bits per heavy atom. The van der Waals surface area contributed by atoms with E-state index >= 15 is 0 Å². The van der Waals surface area contributed by atoms with Gasteiger partial charge in [0.2, 0.25) is 0 Å². The second-order valence-electron chi connectivity index (χ2n) is 5.00. The van der Waals surface area contributed by atoms with Crippen molar-refractivity contribution in [1.82, 2.24) is 10.6 Å². The minimum Gasteiger partial charge on any atom is -0.435 e. The van der Waals surface area contributed by atoms with Crippen molar-refractivity contribution in [2.45, 2.75) is 25.6 Å². The molecule has 1 aliphatic rings. The van der Waals surface area contributed by atoms with E-state index in [0.29, 0.717) is 18.0 Å². The van der Waals surface area contributed by atoms with Gasteiger partial charge in [0.05, 0.1) is 6.10 Å². The van der Waals surface area contributed by atoms with E-state index in [-0.39, 0.29) is 18.3 Å². The Morgan fingerprint density at radius 1 is 1.38 bits per heavy atom. The van der Waals surface area contributed by atoms with Crippen LogP contribution in [0.25, 0.3) is 0 Å². The van der Waals surface area contributed by atoms with Crippen LogP contribution >= 0.6 is 0 Å². The van der Waals surface area contributed by atoms with Crippen LogP contribution in [0.3, 0.4) is 0 Å². The Kier molecular flexibility index (Phi) is 5.32. The molecule has 5 nitrogen and oxygen atoms in total. The lowest BCUT2D eigenvalue weighted by molar-refractivity contribution is -0.0499. The average molecular weight is 300 g/mol. The SMILES string of the molecule is O=C(NCC1CC1)NCC(O)c1cccc(OC(F)F)c1. The van der Waals surface area contributed by atoms with Crippen molar-refractivity contribution >= 4 is 6.03 Å². The van der Waals surface area contributed by atoms with Gasteiger partial charge in [-0.15, -0.1) is 0 Å². The molecule has 3 N–H and O–H groups in total. The molecule has 1 atom stereocenters. The predicted molar refractivity (Wildman–Crippen MR) is 72.2 cm³/mol. The van der Waals surface area contributed by atoms with Gasteiger partial charge in [0.15, 0.2) is 0 Å². The molecule has 7 heteroatoms. The number of carbonyl (C=O) groups excluding carboxylic acids is 1. The fourth-order valence-corrected chi connectivity index (χ4v) is 1.83. The predicted octanol–water partition coefficient (Wildman–Crippen LogP) is 2.03. The summed E-state index contributed by atoms with van der Waals surface area (Å²) in [6, 6.07) is 5.43. The van der Waals surface area contributed by atoms with Crippen LogP contribution in [0.1, 0.15) is 24.5 Å². The third kappa shape index (κ3) is 5.55. The standard InChI is InChI=1S/C14H18F2N2O3/c15-13(16)21-11-3-1-2-10(6-11)12(19)8-18-14(20)17-7-9-4-5-9/h1-3,6,9,12-13,19H,4-5,7-8H2,(H2,17,18,20). The molecule has 21 heavy (non-hydrogen) atoms. The Hall–Kier alpha value is -1.89. The number of ether oxygens (including phenoxy) is 1. The average Bonchev–Trinajstić information content (AvgIpc) is 3.26. The maximum atomic E-state index is 12.1. The van der Waals surface area contributed by atoms with Gasteiger partial charge in [0.25, 0.3) is 0 Å². The van der Waals surface area contributed by atoms with Gasteiger partial charge in [-0.1, -0.05) is 12.1 Å². The van der Waals surface area contributed by atoms with Gasteiger partial charge in [0, 0.05) is 13.1 Å². The van der Waals surface area contributed by atoms with Crippen LogP contribution in [0, 0.1) is 5.92 Å². The highest BCUT2D eigenvalue weighted by Crippen LogP contribution is 2.27. The molecule has 0 bridgehead atoms. The Balaban J connectivity index is 1.78. The first-order chi connectivity index (χ1) is 10.0.